The number of halogens is 2. The molecule has 1 aromatic heterocycles. The Bertz CT molecular complexity index is 914. The predicted octanol–water partition coefficient (Wildman–Crippen LogP) is 5.56. The molecule has 0 atom stereocenters. The lowest BCUT2D eigenvalue weighted by Crippen LogP contribution is -2.12. The highest BCUT2D eigenvalue weighted by molar-refractivity contribution is 7.98. The standard InChI is InChI=1S/C19H20Cl2N4S/c1-19(2,3)14-7-4-12(5-8-14)17-23-24-18(25(17)22)26-11-13-6-9-15(20)10-16(13)21/h4-10H,11,22H2,1-3H3. The second-order valence-electron chi connectivity index (χ2n) is 7.03. The Balaban J connectivity index is 1.77. The van der Waals surface area contributed by atoms with Crippen molar-refractivity contribution in [3.8, 4) is 11.4 Å². The maximum Gasteiger partial charge on any atom is 0.210 e. The number of hydrogen-bond donors (Lipinski definition) is 1. The molecule has 0 aliphatic heterocycles. The summed E-state index contributed by atoms with van der Waals surface area (Å²) in [6.45, 7) is 6.55. The first kappa shape index (κ1) is 19.1. The van der Waals surface area contributed by atoms with Gasteiger partial charge in [0, 0.05) is 21.4 Å². The van der Waals surface area contributed by atoms with E-state index in [0.29, 0.717) is 26.8 Å². The van der Waals surface area contributed by atoms with E-state index in [2.05, 4.69) is 43.1 Å². The molecule has 0 aliphatic carbocycles. The van der Waals surface area contributed by atoms with Crippen LogP contribution >= 0.6 is 35.0 Å². The topological polar surface area (TPSA) is 56.7 Å². The van der Waals surface area contributed by atoms with Gasteiger partial charge in [-0.2, -0.15) is 0 Å². The Labute approximate surface area is 167 Å². The molecule has 0 fully saturated rings. The number of nitrogens with zero attached hydrogens (tertiary/aromatic N) is 3. The first-order chi connectivity index (χ1) is 12.3. The molecule has 0 bridgehead atoms. The van der Waals surface area contributed by atoms with Crippen molar-refractivity contribution >= 4 is 35.0 Å². The summed E-state index contributed by atoms with van der Waals surface area (Å²) in [5, 5.41) is 10.3. The number of thioether (sulfide) groups is 1. The number of hydrogen-bond acceptors (Lipinski definition) is 4. The average molecular weight is 407 g/mol. The van der Waals surface area contributed by atoms with Crippen LogP contribution in [0.4, 0.5) is 0 Å². The predicted molar refractivity (Wildman–Crippen MR) is 110 cm³/mol. The first-order valence-corrected chi connectivity index (χ1v) is 9.88. The monoisotopic (exact) mass is 406 g/mol. The summed E-state index contributed by atoms with van der Waals surface area (Å²) in [4.78, 5) is 0. The number of benzene rings is 2. The molecule has 0 amide bonds. The fourth-order valence-electron chi connectivity index (χ4n) is 2.47. The molecule has 4 nitrogen and oxygen atoms in total. The van der Waals surface area contributed by atoms with Gasteiger partial charge in [0.25, 0.3) is 0 Å². The molecule has 0 spiro atoms. The Kier molecular flexibility index (Phi) is 5.51. The van der Waals surface area contributed by atoms with Crippen LogP contribution in [0, 0.1) is 0 Å². The van der Waals surface area contributed by atoms with Gasteiger partial charge in [-0.1, -0.05) is 86.1 Å². The van der Waals surface area contributed by atoms with Crippen LogP contribution in [0.2, 0.25) is 10.0 Å². The summed E-state index contributed by atoms with van der Waals surface area (Å²) >= 11 is 13.6. The minimum absolute atomic E-state index is 0.105. The van der Waals surface area contributed by atoms with E-state index in [4.69, 9.17) is 29.0 Å². The Hall–Kier alpha value is -1.69. The quantitative estimate of drug-likeness (QED) is 0.455. The summed E-state index contributed by atoms with van der Waals surface area (Å²) in [6, 6.07) is 13.7. The van der Waals surface area contributed by atoms with Crippen LogP contribution in [-0.2, 0) is 11.2 Å². The zero-order chi connectivity index (χ0) is 18.9. The van der Waals surface area contributed by atoms with Crippen molar-refractivity contribution in [2.45, 2.75) is 37.1 Å². The number of rotatable bonds is 4. The SMILES string of the molecule is CC(C)(C)c1ccc(-c2nnc(SCc3ccc(Cl)cc3Cl)n2N)cc1. The molecule has 136 valence electrons. The van der Waals surface area contributed by atoms with Gasteiger partial charge in [-0.25, -0.2) is 4.68 Å². The highest BCUT2D eigenvalue weighted by Gasteiger charge is 2.16. The highest BCUT2D eigenvalue weighted by Crippen LogP contribution is 2.30. The van der Waals surface area contributed by atoms with Gasteiger partial charge in [-0.05, 0) is 28.7 Å². The van der Waals surface area contributed by atoms with E-state index in [0.717, 1.165) is 11.1 Å². The maximum absolute atomic E-state index is 6.22. The third kappa shape index (κ3) is 4.17. The molecule has 0 saturated carbocycles. The zero-order valence-corrected chi connectivity index (χ0v) is 17.2. The lowest BCUT2D eigenvalue weighted by molar-refractivity contribution is 0.590. The molecule has 0 unspecified atom stereocenters. The zero-order valence-electron chi connectivity index (χ0n) is 14.8. The third-order valence-electron chi connectivity index (χ3n) is 4.05. The van der Waals surface area contributed by atoms with Crippen molar-refractivity contribution in [2.24, 2.45) is 0 Å². The van der Waals surface area contributed by atoms with Crippen LogP contribution in [0.25, 0.3) is 11.4 Å². The van der Waals surface area contributed by atoms with Gasteiger partial charge in [0.1, 0.15) is 0 Å². The summed E-state index contributed by atoms with van der Waals surface area (Å²) in [7, 11) is 0. The van der Waals surface area contributed by atoms with Gasteiger partial charge >= 0.3 is 0 Å². The number of nitrogens with two attached hydrogens (primary N) is 1. The molecular formula is C19H20Cl2N4S. The maximum atomic E-state index is 6.22. The Morgan fingerprint density at radius 3 is 2.35 bits per heavy atom. The fraction of sp³-hybridized carbons (Fsp3) is 0.263. The van der Waals surface area contributed by atoms with Gasteiger partial charge in [0.15, 0.2) is 5.82 Å². The van der Waals surface area contributed by atoms with Crippen LogP contribution in [0.15, 0.2) is 47.6 Å². The molecular weight excluding hydrogens is 387 g/mol. The Morgan fingerprint density at radius 1 is 1.04 bits per heavy atom. The Morgan fingerprint density at radius 2 is 1.73 bits per heavy atom. The second kappa shape index (κ2) is 7.51. The number of aromatic nitrogens is 3. The smallest absolute Gasteiger partial charge is 0.210 e. The van der Waals surface area contributed by atoms with E-state index in [9.17, 15) is 0 Å². The highest BCUT2D eigenvalue weighted by atomic mass is 35.5. The first-order valence-electron chi connectivity index (χ1n) is 8.14. The van der Waals surface area contributed by atoms with E-state index in [1.165, 1.54) is 22.0 Å². The van der Waals surface area contributed by atoms with Crippen molar-refractivity contribution in [3.05, 3.63) is 63.6 Å². The molecule has 3 aromatic rings. The summed E-state index contributed by atoms with van der Waals surface area (Å²) in [5.74, 6) is 7.47. The minimum atomic E-state index is 0.105. The summed E-state index contributed by atoms with van der Waals surface area (Å²) < 4.78 is 1.51. The van der Waals surface area contributed by atoms with E-state index in [1.54, 1.807) is 6.07 Å². The van der Waals surface area contributed by atoms with Crippen LogP contribution in [0.5, 0.6) is 0 Å². The minimum Gasteiger partial charge on any atom is -0.335 e. The van der Waals surface area contributed by atoms with E-state index in [-0.39, 0.29) is 5.41 Å². The van der Waals surface area contributed by atoms with Gasteiger partial charge in [-0.15, -0.1) is 10.2 Å². The van der Waals surface area contributed by atoms with Crippen LogP contribution in [0.1, 0.15) is 31.9 Å². The molecule has 2 N–H and O–H groups in total. The lowest BCUT2D eigenvalue weighted by Gasteiger charge is -2.19. The van der Waals surface area contributed by atoms with E-state index in [1.807, 2.05) is 24.3 Å². The van der Waals surface area contributed by atoms with Crippen molar-refractivity contribution < 1.29 is 0 Å². The molecule has 1 heterocycles. The van der Waals surface area contributed by atoms with Gasteiger partial charge in [0.05, 0.1) is 0 Å². The molecule has 0 radical (unpaired) electrons. The van der Waals surface area contributed by atoms with Crippen LogP contribution in [-0.4, -0.2) is 14.9 Å². The third-order valence-corrected chi connectivity index (χ3v) is 5.62. The van der Waals surface area contributed by atoms with Crippen LogP contribution in [0.3, 0.4) is 0 Å². The second-order valence-corrected chi connectivity index (χ2v) is 8.81. The van der Waals surface area contributed by atoms with E-state index >= 15 is 0 Å². The normalized spacial score (nSPS) is 11.7. The average Bonchev–Trinajstić information content (AvgIpc) is 2.94. The van der Waals surface area contributed by atoms with Gasteiger partial charge in [0.2, 0.25) is 5.16 Å². The fourth-order valence-corrected chi connectivity index (χ4v) is 3.89. The van der Waals surface area contributed by atoms with Crippen molar-refractivity contribution in [1.82, 2.24) is 14.9 Å². The van der Waals surface area contributed by atoms with Crippen molar-refractivity contribution in [3.63, 3.8) is 0 Å². The van der Waals surface area contributed by atoms with Gasteiger partial charge < -0.3 is 5.84 Å². The van der Waals surface area contributed by atoms with Crippen molar-refractivity contribution in [2.75, 3.05) is 5.84 Å². The molecule has 0 saturated heterocycles. The molecule has 0 aliphatic rings. The van der Waals surface area contributed by atoms with Crippen molar-refractivity contribution in [1.29, 1.82) is 0 Å². The molecule has 2 aromatic carbocycles. The summed E-state index contributed by atoms with van der Waals surface area (Å²) in [6.07, 6.45) is 0. The molecule has 7 heteroatoms. The number of nitrogen functional groups attached to an aromatic ring is 1. The van der Waals surface area contributed by atoms with E-state index < -0.39 is 0 Å². The molecule has 3 rings (SSSR count). The van der Waals surface area contributed by atoms with Crippen LogP contribution < -0.4 is 5.84 Å². The van der Waals surface area contributed by atoms with Gasteiger partial charge in [-0.3, -0.25) is 0 Å². The molecule has 26 heavy (non-hydrogen) atoms. The lowest BCUT2D eigenvalue weighted by atomic mass is 9.87. The summed E-state index contributed by atoms with van der Waals surface area (Å²) in [5.41, 5.74) is 3.27. The largest absolute Gasteiger partial charge is 0.335 e.